The minimum absolute atomic E-state index is 0.375. The lowest BCUT2D eigenvalue weighted by atomic mass is 10.1. The van der Waals surface area contributed by atoms with Crippen LogP contribution in [0.1, 0.15) is 16.1 Å². The van der Waals surface area contributed by atoms with Gasteiger partial charge in [0.15, 0.2) is 0 Å². The molecule has 88 valence electrons. The highest BCUT2D eigenvalue weighted by atomic mass is 16.5. The first-order valence-corrected chi connectivity index (χ1v) is 5.19. The summed E-state index contributed by atoms with van der Waals surface area (Å²) < 4.78 is 9.85. The Bertz CT molecular complexity index is 578. The summed E-state index contributed by atoms with van der Waals surface area (Å²) >= 11 is 0. The lowest BCUT2D eigenvalue weighted by molar-refractivity contribution is 0.0599. The predicted molar refractivity (Wildman–Crippen MR) is 64.4 cm³/mol. The SMILES string of the molecule is COC(=O)c1cc2cc(OC)ccc2nc1C. The van der Waals surface area contributed by atoms with Crippen molar-refractivity contribution in [3.8, 4) is 5.75 Å². The number of carbonyl (C=O) groups is 1. The van der Waals surface area contributed by atoms with Crippen LogP contribution in [0.2, 0.25) is 0 Å². The van der Waals surface area contributed by atoms with Gasteiger partial charge in [-0.3, -0.25) is 4.98 Å². The third kappa shape index (κ3) is 2.06. The van der Waals surface area contributed by atoms with Gasteiger partial charge in [-0.25, -0.2) is 4.79 Å². The van der Waals surface area contributed by atoms with Gasteiger partial charge in [0.2, 0.25) is 0 Å². The largest absolute Gasteiger partial charge is 0.497 e. The molecule has 0 atom stereocenters. The maximum Gasteiger partial charge on any atom is 0.339 e. The fourth-order valence-corrected chi connectivity index (χ4v) is 1.69. The zero-order valence-electron chi connectivity index (χ0n) is 9.98. The highest BCUT2D eigenvalue weighted by Gasteiger charge is 2.11. The Morgan fingerprint density at radius 1 is 1.24 bits per heavy atom. The van der Waals surface area contributed by atoms with E-state index in [1.54, 1.807) is 20.1 Å². The number of methoxy groups -OCH3 is 2. The van der Waals surface area contributed by atoms with Gasteiger partial charge in [0.1, 0.15) is 5.75 Å². The van der Waals surface area contributed by atoms with E-state index in [4.69, 9.17) is 9.47 Å². The van der Waals surface area contributed by atoms with Crippen LogP contribution in [0.3, 0.4) is 0 Å². The maximum absolute atomic E-state index is 11.5. The zero-order valence-corrected chi connectivity index (χ0v) is 9.98. The van der Waals surface area contributed by atoms with Gasteiger partial charge in [0, 0.05) is 5.39 Å². The van der Waals surface area contributed by atoms with E-state index in [0.29, 0.717) is 11.3 Å². The predicted octanol–water partition coefficient (Wildman–Crippen LogP) is 2.34. The van der Waals surface area contributed by atoms with Crippen molar-refractivity contribution in [2.45, 2.75) is 6.92 Å². The van der Waals surface area contributed by atoms with Crippen molar-refractivity contribution >= 4 is 16.9 Å². The summed E-state index contributed by atoms with van der Waals surface area (Å²) in [6.45, 7) is 1.79. The molecule has 1 aromatic carbocycles. The average molecular weight is 231 g/mol. The standard InChI is InChI=1S/C13H13NO3/c1-8-11(13(15)17-3)7-9-6-10(16-2)4-5-12(9)14-8/h4-7H,1-3H3. The summed E-state index contributed by atoms with van der Waals surface area (Å²) in [6.07, 6.45) is 0. The maximum atomic E-state index is 11.5. The monoisotopic (exact) mass is 231 g/mol. The highest BCUT2D eigenvalue weighted by Crippen LogP contribution is 2.22. The van der Waals surface area contributed by atoms with Crippen LogP contribution >= 0.6 is 0 Å². The molecule has 0 saturated carbocycles. The van der Waals surface area contributed by atoms with Crippen LogP contribution < -0.4 is 4.74 Å². The van der Waals surface area contributed by atoms with E-state index < -0.39 is 0 Å². The fourth-order valence-electron chi connectivity index (χ4n) is 1.69. The lowest BCUT2D eigenvalue weighted by Crippen LogP contribution is -2.05. The third-order valence-corrected chi connectivity index (χ3v) is 2.62. The minimum atomic E-state index is -0.375. The zero-order chi connectivity index (χ0) is 12.4. The first kappa shape index (κ1) is 11.4. The van der Waals surface area contributed by atoms with Gasteiger partial charge < -0.3 is 9.47 Å². The number of carbonyl (C=O) groups excluding carboxylic acids is 1. The van der Waals surface area contributed by atoms with Gasteiger partial charge in [-0.2, -0.15) is 0 Å². The number of ether oxygens (including phenoxy) is 2. The summed E-state index contributed by atoms with van der Waals surface area (Å²) in [6, 6.07) is 7.31. The number of aryl methyl sites for hydroxylation is 1. The number of aromatic nitrogens is 1. The van der Waals surface area contributed by atoms with Gasteiger partial charge in [-0.15, -0.1) is 0 Å². The molecule has 1 heterocycles. The number of rotatable bonds is 2. The van der Waals surface area contributed by atoms with Crippen LogP contribution in [-0.4, -0.2) is 25.2 Å². The second-order valence-corrected chi connectivity index (χ2v) is 3.67. The Labute approximate surface area is 99.2 Å². The normalized spacial score (nSPS) is 10.3. The molecular formula is C13H13NO3. The fraction of sp³-hybridized carbons (Fsp3) is 0.231. The molecule has 0 bridgehead atoms. The quantitative estimate of drug-likeness (QED) is 0.744. The van der Waals surface area contributed by atoms with Crippen LogP contribution in [0.5, 0.6) is 5.75 Å². The second-order valence-electron chi connectivity index (χ2n) is 3.67. The van der Waals surface area contributed by atoms with E-state index in [1.165, 1.54) is 7.11 Å². The van der Waals surface area contributed by atoms with Gasteiger partial charge in [0.25, 0.3) is 0 Å². The molecule has 0 radical (unpaired) electrons. The van der Waals surface area contributed by atoms with E-state index in [2.05, 4.69) is 4.98 Å². The summed E-state index contributed by atoms with van der Waals surface area (Å²) in [5, 5.41) is 0.857. The number of hydrogen-bond donors (Lipinski definition) is 0. The molecule has 4 heteroatoms. The van der Waals surface area contributed by atoms with Crippen molar-refractivity contribution in [2.75, 3.05) is 14.2 Å². The Balaban J connectivity index is 2.64. The van der Waals surface area contributed by atoms with Crippen molar-refractivity contribution < 1.29 is 14.3 Å². The third-order valence-electron chi connectivity index (χ3n) is 2.62. The molecule has 0 saturated heterocycles. The Hall–Kier alpha value is -2.10. The molecule has 0 amide bonds. The molecule has 1 aromatic heterocycles. The molecule has 0 aliphatic carbocycles. The number of benzene rings is 1. The van der Waals surface area contributed by atoms with E-state index in [-0.39, 0.29) is 5.97 Å². The van der Waals surface area contributed by atoms with E-state index >= 15 is 0 Å². The van der Waals surface area contributed by atoms with Gasteiger partial charge in [0.05, 0.1) is 31.0 Å². The molecule has 2 aromatic rings. The van der Waals surface area contributed by atoms with E-state index in [0.717, 1.165) is 16.7 Å². The van der Waals surface area contributed by atoms with Crippen LogP contribution in [0.15, 0.2) is 24.3 Å². The summed E-state index contributed by atoms with van der Waals surface area (Å²) in [5.74, 6) is 0.360. The van der Waals surface area contributed by atoms with Crippen molar-refractivity contribution in [1.29, 1.82) is 0 Å². The van der Waals surface area contributed by atoms with Gasteiger partial charge in [-0.1, -0.05) is 0 Å². The number of esters is 1. The highest BCUT2D eigenvalue weighted by molar-refractivity contribution is 5.95. The van der Waals surface area contributed by atoms with Gasteiger partial charge >= 0.3 is 5.97 Å². The van der Waals surface area contributed by atoms with Crippen LogP contribution in [0.4, 0.5) is 0 Å². The average Bonchev–Trinajstić information content (AvgIpc) is 2.36. The molecule has 0 fully saturated rings. The smallest absolute Gasteiger partial charge is 0.339 e. The first-order valence-electron chi connectivity index (χ1n) is 5.19. The number of hydrogen-bond acceptors (Lipinski definition) is 4. The van der Waals surface area contributed by atoms with Crippen molar-refractivity contribution in [1.82, 2.24) is 4.98 Å². The summed E-state index contributed by atoms with van der Waals surface area (Å²) in [4.78, 5) is 15.9. The summed E-state index contributed by atoms with van der Waals surface area (Å²) in [7, 11) is 2.96. The molecule has 4 nitrogen and oxygen atoms in total. The first-order chi connectivity index (χ1) is 8.15. The molecule has 0 aliphatic rings. The Kier molecular flexibility index (Phi) is 2.95. The van der Waals surface area contributed by atoms with Crippen LogP contribution in [-0.2, 0) is 4.74 Å². The number of nitrogens with zero attached hydrogens (tertiary/aromatic N) is 1. The van der Waals surface area contributed by atoms with E-state index in [1.807, 2.05) is 18.2 Å². The molecule has 0 aliphatic heterocycles. The molecule has 17 heavy (non-hydrogen) atoms. The van der Waals surface area contributed by atoms with Crippen molar-refractivity contribution in [3.63, 3.8) is 0 Å². The van der Waals surface area contributed by atoms with Crippen LogP contribution in [0.25, 0.3) is 10.9 Å². The molecule has 0 N–H and O–H groups in total. The number of fused-ring (bicyclic) bond motifs is 1. The molecule has 2 rings (SSSR count). The van der Waals surface area contributed by atoms with Crippen molar-refractivity contribution in [3.05, 3.63) is 35.5 Å². The summed E-state index contributed by atoms with van der Waals surface area (Å²) in [5.41, 5.74) is 1.97. The molecule has 0 unspecified atom stereocenters. The topological polar surface area (TPSA) is 48.4 Å². The number of pyridine rings is 1. The second kappa shape index (κ2) is 4.41. The van der Waals surface area contributed by atoms with E-state index in [9.17, 15) is 4.79 Å². The van der Waals surface area contributed by atoms with Crippen molar-refractivity contribution in [2.24, 2.45) is 0 Å². The molecule has 0 spiro atoms. The van der Waals surface area contributed by atoms with Crippen LogP contribution in [0, 0.1) is 6.92 Å². The minimum Gasteiger partial charge on any atom is -0.497 e. The van der Waals surface area contributed by atoms with Gasteiger partial charge in [-0.05, 0) is 31.2 Å². The molecular weight excluding hydrogens is 218 g/mol. The lowest BCUT2D eigenvalue weighted by Gasteiger charge is -2.07. The Morgan fingerprint density at radius 2 is 2.00 bits per heavy atom. The Morgan fingerprint density at radius 3 is 2.65 bits per heavy atom.